The molecule has 0 N–H and O–H groups in total. The Morgan fingerprint density at radius 1 is 1.10 bits per heavy atom. The lowest BCUT2D eigenvalue weighted by molar-refractivity contribution is -0.170. The van der Waals surface area contributed by atoms with Gasteiger partial charge in [-0.2, -0.15) is 0 Å². The highest BCUT2D eigenvalue weighted by atomic mass is 16.7. The first-order valence-corrected chi connectivity index (χ1v) is 6.35. The summed E-state index contributed by atoms with van der Waals surface area (Å²) in [6.45, 7) is 7.04. The van der Waals surface area contributed by atoms with E-state index in [0.29, 0.717) is 5.75 Å². The van der Waals surface area contributed by atoms with E-state index in [4.69, 9.17) is 9.47 Å². The minimum absolute atomic E-state index is 0.0418. The number of esters is 2. The van der Waals surface area contributed by atoms with Gasteiger partial charge in [-0.3, -0.25) is 0 Å². The molecule has 21 heavy (non-hydrogen) atoms. The van der Waals surface area contributed by atoms with Gasteiger partial charge in [0.1, 0.15) is 12.4 Å². The third kappa shape index (κ3) is 6.42. The smallest absolute Gasteiger partial charge is 0.420 e. The molecule has 0 aliphatic rings. The van der Waals surface area contributed by atoms with Crippen molar-refractivity contribution in [1.82, 2.24) is 0 Å². The zero-order valence-corrected chi connectivity index (χ0v) is 12.1. The summed E-state index contributed by atoms with van der Waals surface area (Å²) in [6.07, 6.45) is 3.38. The molecular weight excluding hydrogens is 272 g/mol. The second-order valence-electron chi connectivity index (χ2n) is 4.35. The summed E-state index contributed by atoms with van der Waals surface area (Å²) in [5, 5.41) is 0. The van der Waals surface area contributed by atoms with E-state index in [9.17, 15) is 9.59 Å². The summed E-state index contributed by atoms with van der Waals surface area (Å²) in [5.74, 6) is -1.61. The monoisotopic (exact) mass is 290 g/mol. The van der Waals surface area contributed by atoms with Crippen molar-refractivity contribution in [1.29, 1.82) is 0 Å². The van der Waals surface area contributed by atoms with E-state index in [2.05, 4.69) is 11.3 Å². The summed E-state index contributed by atoms with van der Waals surface area (Å²) < 4.78 is 14.5. The Bertz CT molecular complexity index is 524. The Morgan fingerprint density at radius 3 is 2.29 bits per heavy atom. The quantitative estimate of drug-likeness (QED) is 0.349. The molecule has 0 saturated heterocycles. The predicted octanol–water partition coefficient (Wildman–Crippen LogP) is 2.72. The van der Waals surface area contributed by atoms with Crippen LogP contribution >= 0.6 is 0 Å². The maximum Gasteiger partial charge on any atom is 0.420 e. The van der Waals surface area contributed by atoms with Gasteiger partial charge >= 0.3 is 11.9 Å². The van der Waals surface area contributed by atoms with Crippen molar-refractivity contribution in [3.05, 3.63) is 48.1 Å². The van der Waals surface area contributed by atoms with Crippen LogP contribution in [0.5, 0.6) is 5.75 Å². The number of hydrogen-bond donors (Lipinski definition) is 0. The molecule has 0 atom stereocenters. The molecule has 1 rings (SSSR count). The summed E-state index contributed by atoms with van der Waals surface area (Å²) in [7, 11) is 0. The van der Waals surface area contributed by atoms with Crippen molar-refractivity contribution in [3.63, 3.8) is 0 Å². The van der Waals surface area contributed by atoms with Crippen LogP contribution in [0.25, 0.3) is 6.08 Å². The normalized spacial score (nSPS) is 9.43. The van der Waals surface area contributed by atoms with Gasteiger partial charge in [-0.1, -0.05) is 30.4 Å². The molecule has 0 radical (unpaired) electrons. The highest BCUT2D eigenvalue weighted by Crippen LogP contribution is 2.12. The van der Waals surface area contributed by atoms with Gasteiger partial charge in [-0.05, 0) is 37.6 Å². The zero-order valence-electron chi connectivity index (χ0n) is 12.1. The third-order valence-corrected chi connectivity index (χ3v) is 2.40. The average molecular weight is 290 g/mol. The number of carbonyl (C=O) groups is 2. The van der Waals surface area contributed by atoms with Crippen LogP contribution in [0.3, 0.4) is 0 Å². The summed E-state index contributed by atoms with van der Waals surface area (Å²) in [6, 6.07) is 7.02. The van der Waals surface area contributed by atoms with Gasteiger partial charge in [-0.15, -0.1) is 0 Å². The topological polar surface area (TPSA) is 61.8 Å². The van der Waals surface area contributed by atoms with Crippen molar-refractivity contribution in [2.45, 2.75) is 13.8 Å². The van der Waals surface area contributed by atoms with Crippen LogP contribution < -0.4 is 4.74 Å². The number of ether oxygens (including phenoxy) is 3. The van der Waals surface area contributed by atoms with Crippen LogP contribution in [-0.4, -0.2) is 25.3 Å². The van der Waals surface area contributed by atoms with E-state index in [1.807, 2.05) is 13.8 Å². The van der Waals surface area contributed by atoms with Gasteiger partial charge in [0.25, 0.3) is 0 Å². The number of benzene rings is 1. The third-order valence-electron chi connectivity index (χ3n) is 2.40. The summed E-state index contributed by atoms with van der Waals surface area (Å²) in [5.41, 5.74) is 1.93. The second-order valence-corrected chi connectivity index (χ2v) is 4.35. The molecule has 0 unspecified atom stereocenters. The molecule has 0 bridgehead atoms. The fraction of sp³-hybridized carbons (Fsp3) is 0.250. The van der Waals surface area contributed by atoms with E-state index >= 15 is 0 Å². The zero-order chi connectivity index (χ0) is 15.7. The van der Waals surface area contributed by atoms with Crippen molar-refractivity contribution in [2.24, 2.45) is 0 Å². The SMILES string of the molecule is C=Cc1ccc(OCOC(=O)C(=O)OCC=C(C)C)cc1. The molecule has 0 aromatic heterocycles. The molecular formula is C16H18O5. The molecule has 0 saturated carbocycles. The number of carbonyl (C=O) groups excluding carboxylic acids is 2. The van der Waals surface area contributed by atoms with Crippen molar-refractivity contribution in [3.8, 4) is 5.75 Å². The molecule has 5 heteroatoms. The van der Waals surface area contributed by atoms with Gasteiger partial charge in [-0.25, -0.2) is 9.59 Å². The van der Waals surface area contributed by atoms with Gasteiger partial charge in [0.2, 0.25) is 6.79 Å². The molecule has 5 nitrogen and oxygen atoms in total. The molecule has 0 fully saturated rings. The van der Waals surface area contributed by atoms with E-state index in [1.165, 1.54) is 0 Å². The van der Waals surface area contributed by atoms with Crippen LogP contribution in [0, 0.1) is 0 Å². The van der Waals surface area contributed by atoms with Crippen LogP contribution in [-0.2, 0) is 19.1 Å². The molecule has 1 aromatic rings. The minimum atomic E-state index is -1.08. The average Bonchev–Trinajstić information content (AvgIpc) is 2.47. The molecule has 112 valence electrons. The largest absolute Gasteiger partial charge is 0.457 e. The maximum absolute atomic E-state index is 11.3. The lowest BCUT2D eigenvalue weighted by atomic mass is 10.2. The maximum atomic E-state index is 11.3. The summed E-state index contributed by atoms with van der Waals surface area (Å²) in [4.78, 5) is 22.6. The number of allylic oxidation sites excluding steroid dienone is 1. The Morgan fingerprint density at radius 2 is 1.71 bits per heavy atom. The van der Waals surface area contributed by atoms with Crippen LogP contribution in [0.2, 0.25) is 0 Å². The van der Waals surface area contributed by atoms with E-state index in [0.717, 1.165) is 11.1 Å². The Balaban J connectivity index is 2.30. The van der Waals surface area contributed by atoms with E-state index < -0.39 is 11.9 Å². The van der Waals surface area contributed by atoms with Gasteiger partial charge in [0.15, 0.2) is 0 Å². The van der Waals surface area contributed by atoms with Gasteiger partial charge in [0.05, 0.1) is 0 Å². The summed E-state index contributed by atoms with van der Waals surface area (Å²) >= 11 is 0. The van der Waals surface area contributed by atoms with Gasteiger partial charge in [0, 0.05) is 0 Å². The first-order chi connectivity index (χ1) is 10.0. The fourth-order valence-corrected chi connectivity index (χ4v) is 1.25. The highest BCUT2D eigenvalue weighted by molar-refractivity contribution is 6.29. The molecule has 0 aliphatic carbocycles. The minimum Gasteiger partial charge on any atom is -0.457 e. The standard InChI is InChI=1S/C16H18O5/c1-4-13-5-7-14(8-6-13)20-11-21-16(18)15(17)19-10-9-12(2)3/h4-9H,1,10-11H2,2-3H3. The highest BCUT2D eigenvalue weighted by Gasteiger charge is 2.16. The molecule has 0 amide bonds. The van der Waals surface area contributed by atoms with Crippen LogP contribution in [0.4, 0.5) is 0 Å². The predicted molar refractivity (Wildman–Crippen MR) is 78.5 cm³/mol. The fourth-order valence-electron chi connectivity index (χ4n) is 1.25. The lowest BCUT2D eigenvalue weighted by Gasteiger charge is -2.07. The first-order valence-electron chi connectivity index (χ1n) is 6.35. The van der Waals surface area contributed by atoms with Gasteiger partial charge < -0.3 is 14.2 Å². The second kappa shape index (κ2) is 8.58. The first kappa shape index (κ1) is 16.5. The van der Waals surface area contributed by atoms with E-state index in [1.54, 1.807) is 36.4 Å². The molecule has 0 spiro atoms. The molecule has 0 heterocycles. The van der Waals surface area contributed by atoms with E-state index in [-0.39, 0.29) is 13.4 Å². The van der Waals surface area contributed by atoms with Crippen molar-refractivity contribution in [2.75, 3.05) is 13.4 Å². The van der Waals surface area contributed by atoms with Crippen LogP contribution in [0.15, 0.2) is 42.5 Å². The molecule has 1 aromatic carbocycles. The Hall–Kier alpha value is -2.56. The molecule has 0 aliphatic heterocycles. The van der Waals surface area contributed by atoms with Crippen LogP contribution in [0.1, 0.15) is 19.4 Å². The number of rotatable bonds is 6. The van der Waals surface area contributed by atoms with Crippen molar-refractivity contribution >= 4 is 18.0 Å². The van der Waals surface area contributed by atoms with Crippen molar-refractivity contribution < 1.29 is 23.8 Å². The number of hydrogen-bond acceptors (Lipinski definition) is 5. The Kier molecular flexibility index (Phi) is 6.74. The Labute approximate surface area is 123 Å². The lowest BCUT2D eigenvalue weighted by Crippen LogP contribution is -2.22.